The maximum absolute atomic E-state index is 12.1. The normalized spacial score (nSPS) is 11.5. The molecule has 1 amide bonds. The van der Waals surface area contributed by atoms with Crippen LogP contribution in [0, 0.1) is 0 Å². The molecule has 4 heteroatoms. The number of ketones is 1. The molecule has 0 aliphatic heterocycles. The number of benzene rings is 2. The van der Waals surface area contributed by atoms with Gasteiger partial charge in [-0.15, -0.1) is 0 Å². The average molecular weight is 311 g/mol. The Morgan fingerprint density at radius 3 is 2.09 bits per heavy atom. The SMILES string of the molecule is CCC(=O)[C@H](Cc1ccccc1)NC(=O)OCc1ccccc1. The molecule has 23 heavy (non-hydrogen) atoms. The van der Waals surface area contributed by atoms with Crippen LogP contribution in [0.4, 0.5) is 4.79 Å². The largest absolute Gasteiger partial charge is 0.445 e. The maximum atomic E-state index is 12.1. The maximum Gasteiger partial charge on any atom is 0.408 e. The summed E-state index contributed by atoms with van der Waals surface area (Å²) >= 11 is 0. The summed E-state index contributed by atoms with van der Waals surface area (Å²) in [7, 11) is 0. The predicted molar refractivity (Wildman–Crippen MR) is 89.0 cm³/mol. The van der Waals surface area contributed by atoms with Gasteiger partial charge in [-0.1, -0.05) is 67.6 Å². The van der Waals surface area contributed by atoms with E-state index in [1.165, 1.54) is 0 Å². The van der Waals surface area contributed by atoms with Crippen molar-refractivity contribution in [3.05, 3.63) is 71.8 Å². The average Bonchev–Trinajstić information content (AvgIpc) is 2.60. The van der Waals surface area contributed by atoms with E-state index in [0.717, 1.165) is 11.1 Å². The van der Waals surface area contributed by atoms with E-state index >= 15 is 0 Å². The Labute approximate surface area is 136 Å². The molecule has 0 radical (unpaired) electrons. The lowest BCUT2D eigenvalue weighted by molar-refractivity contribution is -0.120. The Balaban J connectivity index is 1.91. The zero-order valence-electron chi connectivity index (χ0n) is 13.2. The van der Waals surface area contributed by atoms with E-state index in [1.807, 2.05) is 60.7 Å². The van der Waals surface area contributed by atoms with Crippen LogP contribution in [0.1, 0.15) is 24.5 Å². The summed E-state index contributed by atoms with van der Waals surface area (Å²) in [5, 5.41) is 2.68. The second-order valence-electron chi connectivity index (χ2n) is 5.27. The third-order valence-electron chi connectivity index (χ3n) is 3.52. The molecule has 4 nitrogen and oxygen atoms in total. The summed E-state index contributed by atoms with van der Waals surface area (Å²) in [5.74, 6) is -0.00878. The molecule has 0 aliphatic carbocycles. The number of rotatable bonds is 7. The first-order chi connectivity index (χ1) is 11.2. The van der Waals surface area contributed by atoms with Crippen molar-refractivity contribution < 1.29 is 14.3 Å². The fraction of sp³-hybridized carbons (Fsp3) is 0.263. The van der Waals surface area contributed by atoms with Crippen molar-refractivity contribution in [3.8, 4) is 0 Å². The van der Waals surface area contributed by atoms with Crippen LogP contribution >= 0.6 is 0 Å². The molecule has 1 N–H and O–H groups in total. The summed E-state index contributed by atoms with van der Waals surface area (Å²) in [6, 6.07) is 18.5. The van der Waals surface area contributed by atoms with Crippen LogP contribution in [0.3, 0.4) is 0 Å². The molecule has 0 spiro atoms. The molecule has 0 saturated heterocycles. The first kappa shape index (κ1) is 16.7. The van der Waals surface area contributed by atoms with Crippen molar-refractivity contribution in [1.29, 1.82) is 0 Å². The zero-order chi connectivity index (χ0) is 16.5. The van der Waals surface area contributed by atoms with Gasteiger partial charge in [0.2, 0.25) is 0 Å². The Kier molecular flexibility index (Phi) is 6.36. The molecule has 120 valence electrons. The van der Waals surface area contributed by atoms with Gasteiger partial charge in [0.25, 0.3) is 0 Å². The van der Waals surface area contributed by atoms with Crippen molar-refractivity contribution in [2.45, 2.75) is 32.4 Å². The Morgan fingerprint density at radius 1 is 0.957 bits per heavy atom. The van der Waals surface area contributed by atoms with Gasteiger partial charge in [-0.25, -0.2) is 4.79 Å². The minimum atomic E-state index is -0.573. The number of hydrogen-bond acceptors (Lipinski definition) is 3. The molecule has 2 aromatic carbocycles. The third kappa shape index (κ3) is 5.58. The van der Waals surface area contributed by atoms with E-state index < -0.39 is 12.1 Å². The molecule has 2 aromatic rings. The fourth-order valence-corrected chi connectivity index (χ4v) is 2.25. The van der Waals surface area contributed by atoms with Gasteiger partial charge in [0.05, 0.1) is 6.04 Å². The first-order valence-corrected chi connectivity index (χ1v) is 7.73. The Bertz CT molecular complexity index is 626. The fourth-order valence-electron chi connectivity index (χ4n) is 2.25. The monoisotopic (exact) mass is 311 g/mol. The zero-order valence-corrected chi connectivity index (χ0v) is 13.2. The summed E-state index contributed by atoms with van der Waals surface area (Å²) in [4.78, 5) is 24.0. The molecular formula is C19H21NO3. The number of nitrogens with one attached hydrogen (secondary N) is 1. The lowest BCUT2D eigenvalue weighted by Gasteiger charge is -2.17. The highest BCUT2D eigenvalue weighted by Crippen LogP contribution is 2.07. The van der Waals surface area contributed by atoms with E-state index in [-0.39, 0.29) is 12.4 Å². The highest BCUT2D eigenvalue weighted by Gasteiger charge is 2.20. The van der Waals surface area contributed by atoms with Crippen molar-refractivity contribution in [2.24, 2.45) is 0 Å². The lowest BCUT2D eigenvalue weighted by Crippen LogP contribution is -2.42. The highest BCUT2D eigenvalue weighted by atomic mass is 16.5. The number of alkyl carbamates (subject to hydrolysis) is 1. The van der Waals surface area contributed by atoms with Gasteiger partial charge in [0, 0.05) is 6.42 Å². The van der Waals surface area contributed by atoms with Crippen LogP contribution in [0.5, 0.6) is 0 Å². The summed E-state index contributed by atoms with van der Waals surface area (Å²) in [5.41, 5.74) is 1.91. The molecular weight excluding hydrogens is 290 g/mol. The van der Waals surface area contributed by atoms with Crippen LogP contribution in [0.15, 0.2) is 60.7 Å². The Morgan fingerprint density at radius 2 is 1.52 bits per heavy atom. The smallest absolute Gasteiger partial charge is 0.408 e. The Hall–Kier alpha value is -2.62. The number of carbonyl (C=O) groups is 2. The molecule has 2 rings (SSSR count). The van der Waals surface area contributed by atoms with Crippen molar-refractivity contribution in [2.75, 3.05) is 0 Å². The molecule has 0 heterocycles. The third-order valence-corrected chi connectivity index (χ3v) is 3.52. The molecule has 0 fully saturated rings. The summed E-state index contributed by atoms with van der Waals surface area (Å²) < 4.78 is 5.19. The summed E-state index contributed by atoms with van der Waals surface area (Å²) in [6.07, 6.45) is 0.265. The topological polar surface area (TPSA) is 55.4 Å². The van der Waals surface area contributed by atoms with Gasteiger partial charge in [-0.2, -0.15) is 0 Å². The van der Waals surface area contributed by atoms with Gasteiger partial charge >= 0.3 is 6.09 Å². The van der Waals surface area contributed by atoms with Gasteiger partial charge in [0.1, 0.15) is 6.61 Å². The van der Waals surface area contributed by atoms with Gasteiger partial charge in [-0.3, -0.25) is 4.79 Å². The quantitative estimate of drug-likeness (QED) is 0.851. The lowest BCUT2D eigenvalue weighted by atomic mass is 10.0. The number of carbonyl (C=O) groups excluding carboxylic acids is 2. The van der Waals surface area contributed by atoms with Gasteiger partial charge in [-0.05, 0) is 17.5 Å². The van der Waals surface area contributed by atoms with E-state index in [1.54, 1.807) is 6.92 Å². The van der Waals surface area contributed by atoms with Crippen LogP contribution in [0.2, 0.25) is 0 Å². The van der Waals surface area contributed by atoms with Crippen molar-refractivity contribution in [1.82, 2.24) is 5.32 Å². The second kappa shape index (κ2) is 8.73. The van der Waals surface area contributed by atoms with Crippen LogP contribution in [0.25, 0.3) is 0 Å². The molecule has 1 atom stereocenters. The molecule has 0 aromatic heterocycles. The predicted octanol–water partition coefficient (Wildman–Crippen LogP) is 3.50. The van der Waals surface area contributed by atoms with Crippen molar-refractivity contribution in [3.63, 3.8) is 0 Å². The standard InChI is InChI=1S/C19H21NO3/c1-2-18(21)17(13-15-9-5-3-6-10-15)20-19(22)23-14-16-11-7-4-8-12-16/h3-12,17H,2,13-14H2,1H3,(H,20,22)/t17-/m0/s1. The first-order valence-electron chi connectivity index (χ1n) is 7.73. The second-order valence-corrected chi connectivity index (χ2v) is 5.27. The van der Waals surface area contributed by atoms with E-state index in [4.69, 9.17) is 4.74 Å². The summed E-state index contributed by atoms with van der Waals surface area (Å²) in [6.45, 7) is 1.97. The van der Waals surface area contributed by atoms with E-state index in [2.05, 4.69) is 5.32 Å². The molecule has 0 bridgehead atoms. The molecule has 0 saturated carbocycles. The minimum absolute atomic E-state index is 0.00878. The van der Waals surface area contributed by atoms with Crippen LogP contribution in [-0.2, 0) is 22.6 Å². The molecule has 0 aliphatic rings. The highest BCUT2D eigenvalue weighted by molar-refractivity contribution is 5.87. The van der Waals surface area contributed by atoms with Crippen LogP contribution in [-0.4, -0.2) is 17.9 Å². The van der Waals surface area contributed by atoms with Crippen molar-refractivity contribution >= 4 is 11.9 Å². The van der Waals surface area contributed by atoms with E-state index in [9.17, 15) is 9.59 Å². The number of amides is 1. The van der Waals surface area contributed by atoms with Gasteiger partial charge < -0.3 is 10.1 Å². The number of ether oxygens (including phenoxy) is 1. The minimum Gasteiger partial charge on any atom is -0.445 e. The van der Waals surface area contributed by atoms with Gasteiger partial charge in [0.15, 0.2) is 5.78 Å². The van der Waals surface area contributed by atoms with Crippen LogP contribution < -0.4 is 5.32 Å². The molecule has 0 unspecified atom stereocenters. The number of Topliss-reactive ketones (excluding diaryl/α,β-unsaturated/α-hetero) is 1. The number of hydrogen-bond donors (Lipinski definition) is 1. The van der Waals surface area contributed by atoms with E-state index in [0.29, 0.717) is 12.8 Å².